The number of hydrogen-bond donors (Lipinski definition) is 1. The number of aromatic nitrogens is 2. The van der Waals surface area contributed by atoms with Crippen LogP contribution in [-0.2, 0) is 6.54 Å². The summed E-state index contributed by atoms with van der Waals surface area (Å²) in [6, 6.07) is 10.3. The van der Waals surface area contributed by atoms with E-state index in [1.807, 2.05) is 31.6 Å². The molecule has 0 aromatic carbocycles. The van der Waals surface area contributed by atoms with Gasteiger partial charge in [-0.1, -0.05) is 6.07 Å². The van der Waals surface area contributed by atoms with E-state index < -0.39 is 0 Å². The first-order valence-electron chi connectivity index (χ1n) is 7.36. The van der Waals surface area contributed by atoms with Crippen molar-refractivity contribution in [3.05, 3.63) is 48.3 Å². The lowest BCUT2D eigenvalue weighted by Gasteiger charge is -2.35. The number of rotatable bonds is 4. The van der Waals surface area contributed by atoms with E-state index >= 15 is 0 Å². The van der Waals surface area contributed by atoms with E-state index in [0.717, 1.165) is 44.4 Å². The van der Waals surface area contributed by atoms with Crippen LogP contribution in [-0.4, -0.2) is 48.1 Å². The van der Waals surface area contributed by atoms with Crippen molar-refractivity contribution in [2.24, 2.45) is 0 Å². The summed E-state index contributed by atoms with van der Waals surface area (Å²) in [6.45, 7) is 5.16. The van der Waals surface area contributed by atoms with Crippen LogP contribution in [0.25, 0.3) is 0 Å². The molecular formula is C16H21N5. The first kappa shape index (κ1) is 13.8. The van der Waals surface area contributed by atoms with E-state index in [9.17, 15) is 0 Å². The second kappa shape index (κ2) is 6.54. The first-order valence-corrected chi connectivity index (χ1v) is 7.36. The summed E-state index contributed by atoms with van der Waals surface area (Å²) in [5.74, 6) is 2.01. The molecule has 0 unspecified atom stereocenters. The Morgan fingerprint density at radius 3 is 2.62 bits per heavy atom. The Kier molecular flexibility index (Phi) is 4.31. The molecule has 110 valence electrons. The normalized spacial score (nSPS) is 16.0. The largest absolute Gasteiger partial charge is 0.373 e. The summed E-state index contributed by atoms with van der Waals surface area (Å²) in [5.41, 5.74) is 1.31. The fourth-order valence-electron chi connectivity index (χ4n) is 2.64. The zero-order valence-corrected chi connectivity index (χ0v) is 12.4. The summed E-state index contributed by atoms with van der Waals surface area (Å²) in [6.07, 6.45) is 3.73. The maximum atomic E-state index is 4.42. The highest BCUT2D eigenvalue weighted by molar-refractivity contribution is 5.39. The first-order chi connectivity index (χ1) is 10.3. The molecule has 1 saturated heterocycles. The second-order valence-electron chi connectivity index (χ2n) is 5.25. The predicted molar refractivity (Wildman–Crippen MR) is 85.5 cm³/mol. The number of nitrogens with one attached hydrogen (secondary N) is 1. The molecule has 1 N–H and O–H groups in total. The molecule has 3 heterocycles. The molecular weight excluding hydrogens is 262 g/mol. The van der Waals surface area contributed by atoms with E-state index in [2.05, 4.69) is 43.3 Å². The van der Waals surface area contributed by atoms with Gasteiger partial charge in [0.05, 0.1) is 0 Å². The van der Waals surface area contributed by atoms with Gasteiger partial charge in [0.1, 0.15) is 11.6 Å². The molecule has 0 aliphatic carbocycles. The third kappa shape index (κ3) is 3.49. The smallest absolute Gasteiger partial charge is 0.128 e. The fraction of sp³-hybridized carbons (Fsp3) is 0.375. The molecule has 0 bridgehead atoms. The summed E-state index contributed by atoms with van der Waals surface area (Å²) in [7, 11) is 1.90. The fourth-order valence-corrected chi connectivity index (χ4v) is 2.64. The minimum absolute atomic E-state index is 0.930. The molecule has 1 fully saturated rings. The van der Waals surface area contributed by atoms with E-state index in [1.54, 1.807) is 0 Å². The predicted octanol–water partition coefficient (Wildman–Crippen LogP) is 1.84. The number of anilines is 2. The highest BCUT2D eigenvalue weighted by atomic mass is 15.3. The minimum atomic E-state index is 0.930. The summed E-state index contributed by atoms with van der Waals surface area (Å²) >= 11 is 0. The molecule has 2 aromatic rings. The average molecular weight is 283 g/mol. The number of piperazine rings is 1. The Labute approximate surface area is 125 Å². The van der Waals surface area contributed by atoms with Gasteiger partial charge in [0.15, 0.2) is 0 Å². The summed E-state index contributed by atoms with van der Waals surface area (Å²) in [5, 5.41) is 3.09. The number of pyridine rings is 2. The van der Waals surface area contributed by atoms with Gasteiger partial charge in [-0.25, -0.2) is 9.97 Å². The quantitative estimate of drug-likeness (QED) is 0.927. The van der Waals surface area contributed by atoms with Gasteiger partial charge in [0.2, 0.25) is 0 Å². The molecule has 0 amide bonds. The monoisotopic (exact) mass is 283 g/mol. The van der Waals surface area contributed by atoms with Crippen LogP contribution in [0.1, 0.15) is 5.56 Å². The lowest BCUT2D eigenvalue weighted by Crippen LogP contribution is -2.46. The molecule has 5 nitrogen and oxygen atoms in total. The SMILES string of the molecule is CNc1cc(CN2CCN(c3ccccn3)CC2)ccn1. The molecule has 0 atom stereocenters. The van der Waals surface area contributed by atoms with Gasteiger partial charge in [0.25, 0.3) is 0 Å². The Balaban J connectivity index is 1.56. The Morgan fingerprint density at radius 1 is 1.05 bits per heavy atom. The van der Waals surface area contributed by atoms with Crippen molar-refractivity contribution in [2.75, 3.05) is 43.4 Å². The molecule has 1 aliphatic rings. The van der Waals surface area contributed by atoms with Crippen LogP contribution in [0, 0.1) is 0 Å². The Bertz CT molecular complexity index is 564. The third-order valence-corrected chi connectivity index (χ3v) is 3.83. The topological polar surface area (TPSA) is 44.3 Å². The van der Waals surface area contributed by atoms with Crippen molar-refractivity contribution in [3.63, 3.8) is 0 Å². The number of hydrogen-bond acceptors (Lipinski definition) is 5. The van der Waals surface area contributed by atoms with E-state index in [0.29, 0.717) is 0 Å². The molecule has 21 heavy (non-hydrogen) atoms. The van der Waals surface area contributed by atoms with E-state index in [4.69, 9.17) is 0 Å². The Hall–Kier alpha value is -2.14. The molecule has 1 aliphatic heterocycles. The summed E-state index contributed by atoms with van der Waals surface area (Å²) < 4.78 is 0. The van der Waals surface area contributed by atoms with E-state index in [-0.39, 0.29) is 0 Å². The van der Waals surface area contributed by atoms with Crippen LogP contribution in [0.2, 0.25) is 0 Å². The van der Waals surface area contributed by atoms with Gasteiger partial charge in [-0.15, -0.1) is 0 Å². The minimum Gasteiger partial charge on any atom is -0.373 e. The third-order valence-electron chi connectivity index (χ3n) is 3.83. The Morgan fingerprint density at radius 2 is 1.90 bits per heavy atom. The zero-order valence-electron chi connectivity index (χ0n) is 12.4. The highest BCUT2D eigenvalue weighted by Crippen LogP contribution is 2.15. The van der Waals surface area contributed by atoms with Crippen LogP contribution in [0.15, 0.2) is 42.7 Å². The van der Waals surface area contributed by atoms with Crippen LogP contribution >= 0.6 is 0 Å². The molecule has 5 heteroatoms. The van der Waals surface area contributed by atoms with Crippen molar-refractivity contribution in [1.82, 2.24) is 14.9 Å². The van der Waals surface area contributed by atoms with Gasteiger partial charge in [-0.05, 0) is 29.8 Å². The van der Waals surface area contributed by atoms with Crippen molar-refractivity contribution < 1.29 is 0 Å². The molecule has 2 aromatic heterocycles. The standard InChI is InChI=1S/C16H21N5/c1-17-15-12-14(5-7-18-15)13-20-8-10-21(11-9-20)16-4-2-3-6-19-16/h2-7,12H,8-11,13H2,1H3,(H,17,18). The van der Waals surface area contributed by atoms with Gasteiger partial charge in [0, 0.05) is 52.2 Å². The lowest BCUT2D eigenvalue weighted by atomic mass is 10.2. The molecule has 0 saturated carbocycles. The molecule has 0 radical (unpaired) electrons. The van der Waals surface area contributed by atoms with Crippen LogP contribution < -0.4 is 10.2 Å². The average Bonchev–Trinajstić information content (AvgIpc) is 2.56. The molecule has 0 spiro atoms. The highest BCUT2D eigenvalue weighted by Gasteiger charge is 2.17. The maximum absolute atomic E-state index is 4.42. The van der Waals surface area contributed by atoms with Crippen molar-refractivity contribution in [1.29, 1.82) is 0 Å². The zero-order chi connectivity index (χ0) is 14.5. The van der Waals surface area contributed by atoms with Crippen LogP contribution in [0.5, 0.6) is 0 Å². The lowest BCUT2D eigenvalue weighted by molar-refractivity contribution is 0.249. The van der Waals surface area contributed by atoms with Crippen molar-refractivity contribution >= 4 is 11.6 Å². The van der Waals surface area contributed by atoms with E-state index in [1.165, 1.54) is 5.56 Å². The van der Waals surface area contributed by atoms with Gasteiger partial charge in [-0.2, -0.15) is 0 Å². The van der Waals surface area contributed by atoms with Crippen molar-refractivity contribution in [2.45, 2.75) is 6.54 Å². The van der Waals surface area contributed by atoms with Crippen LogP contribution in [0.4, 0.5) is 11.6 Å². The number of nitrogens with zero attached hydrogens (tertiary/aromatic N) is 4. The van der Waals surface area contributed by atoms with Crippen LogP contribution in [0.3, 0.4) is 0 Å². The second-order valence-corrected chi connectivity index (χ2v) is 5.25. The molecule has 3 rings (SSSR count). The van der Waals surface area contributed by atoms with Crippen molar-refractivity contribution in [3.8, 4) is 0 Å². The van der Waals surface area contributed by atoms with Gasteiger partial charge in [-0.3, -0.25) is 4.90 Å². The van der Waals surface area contributed by atoms with Gasteiger partial charge >= 0.3 is 0 Å². The maximum Gasteiger partial charge on any atom is 0.128 e. The van der Waals surface area contributed by atoms with Gasteiger partial charge < -0.3 is 10.2 Å². The summed E-state index contributed by atoms with van der Waals surface area (Å²) in [4.78, 5) is 13.5.